The summed E-state index contributed by atoms with van der Waals surface area (Å²) in [5.74, 6) is -0.379. The van der Waals surface area contributed by atoms with Gasteiger partial charge < -0.3 is 5.32 Å². The zero-order valence-electron chi connectivity index (χ0n) is 9.28. The largest absolute Gasteiger partial charge is 0.305 e. The zero-order valence-corrected chi connectivity index (χ0v) is 10.9. The van der Waals surface area contributed by atoms with Crippen LogP contribution in [0.25, 0.3) is 0 Å². The molecule has 2 nitrogen and oxygen atoms in total. The molecule has 17 heavy (non-hydrogen) atoms. The average Bonchev–Trinajstić information content (AvgIpc) is 2.82. The van der Waals surface area contributed by atoms with Crippen molar-refractivity contribution in [1.29, 1.82) is 0 Å². The predicted molar refractivity (Wildman–Crippen MR) is 68.8 cm³/mol. The second-order valence-electron chi connectivity index (χ2n) is 3.74. The number of aromatic nitrogens is 1. The molecule has 0 aliphatic heterocycles. The molecule has 0 aliphatic rings. The minimum atomic E-state index is -0.379. The quantitative estimate of drug-likeness (QED) is 0.914. The summed E-state index contributed by atoms with van der Waals surface area (Å²) in [6.45, 7) is 2.72. The van der Waals surface area contributed by atoms with Crippen LogP contribution in [-0.2, 0) is 6.54 Å². The Balaban J connectivity index is 1.99. The molecule has 5 heteroatoms. The van der Waals surface area contributed by atoms with Crippen LogP contribution in [0.1, 0.15) is 23.4 Å². The second-order valence-corrected chi connectivity index (χ2v) is 5.12. The van der Waals surface area contributed by atoms with Crippen LogP contribution < -0.4 is 5.32 Å². The molecule has 1 unspecified atom stereocenters. The number of hydrogen-bond acceptors (Lipinski definition) is 3. The van der Waals surface area contributed by atoms with E-state index in [-0.39, 0.29) is 16.9 Å². The van der Waals surface area contributed by atoms with Gasteiger partial charge in [-0.3, -0.25) is 4.98 Å². The molecule has 90 valence electrons. The van der Waals surface area contributed by atoms with Crippen LogP contribution in [0.4, 0.5) is 4.39 Å². The van der Waals surface area contributed by atoms with Gasteiger partial charge in [0.05, 0.1) is 10.5 Å². The Morgan fingerprint density at radius 3 is 3.00 bits per heavy atom. The number of hydrogen-bond donors (Lipinski definition) is 1. The molecule has 0 amide bonds. The molecule has 0 bridgehead atoms. The van der Waals surface area contributed by atoms with Crippen LogP contribution in [0.3, 0.4) is 0 Å². The number of nitrogens with zero attached hydrogens (tertiary/aromatic N) is 1. The first-order chi connectivity index (χ1) is 8.16. The molecule has 1 heterocycles. The van der Waals surface area contributed by atoms with Gasteiger partial charge in [0, 0.05) is 23.7 Å². The number of benzene rings is 1. The Kier molecular flexibility index (Phi) is 4.10. The van der Waals surface area contributed by atoms with Crippen LogP contribution in [0.15, 0.2) is 29.9 Å². The van der Waals surface area contributed by atoms with E-state index >= 15 is 0 Å². The molecule has 0 saturated carbocycles. The van der Waals surface area contributed by atoms with Crippen molar-refractivity contribution in [3.8, 4) is 0 Å². The summed E-state index contributed by atoms with van der Waals surface area (Å²) in [7, 11) is 0. The number of nitrogens with one attached hydrogen (secondary N) is 1. The molecular formula is C12H12ClFN2S. The maximum absolute atomic E-state index is 13.3. The van der Waals surface area contributed by atoms with Gasteiger partial charge in [0.15, 0.2) is 0 Å². The van der Waals surface area contributed by atoms with Gasteiger partial charge in [-0.05, 0) is 24.6 Å². The van der Waals surface area contributed by atoms with Gasteiger partial charge in [-0.15, -0.1) is 11.3 Å². The maximum Gasteiger partial charge on any atom is 0.142 e. The summed E-state index contributed by atoms with van der Waals surface area (Å²) in [5, 5.41) is 3.46. The number of rotatable bonds is 4. The highest BCUT2D eigenvalue weighted by Gasteiger charge is 2.08. The fraction of sp³-hybridized carbons (Fsp3) is 0.250. The third-order valence-electron chi connectivity index (χ3n) is 2.51. The molecule has 2 aromatic rings. The monoisotopic (exact) mass is 270 g/mol. The van der Waals surface area contributed by atoms with Crippen molar-refractivity contribution in [3.63, 3.8) is 0 Å². The highest BCUT2D eigenvalue weighted by molar-refractivity contribution is 7.09. The first kappa shape index (κ1) is 12.5. The molecule has 1 aromatic carbocycles. The predicted octanol–water partition coefficient (Wildman–Crippen LogP) is 3.79. The molecule has 1 aromatic heterocycles. The molecule has 0 radical (unpaired) electrons. The minimum Gasteiger partial charge on any atom is -0.305 e. The molecule has 0 fully saturated rings. The van der Waals surface area contributed by atoms with Gasteiger partial charge in [0.25, 0.3) is 0 Å². The molecule has 1 atom stereocenters. The lowest BCUT2D eigenvalue weighted by molar-refractivity contribution is 0.568. The SMILES string of the molecule is CC(NCc1cncs1)c1ccc(Cl)c(F)c1. The molecule has 0 spiro atoms. The molecular weight excluding hydrogens is 259 g/mol. The van der Waals surface area contributed by atoms with Crippen molar-refractivity contribution in [1.82, 2.24) is 10.3 Å². The summed E-state index contributed by atoms with van der Waals surface area (Å²) < 4.78 is 13.3. The van der Waals surface area contributed by atoms with E-state index in [9.17, 15) is 4.39 Å². The van der Waals surface area contributed by atoms with Crippen molar-refractivity contribution in [2.75, 3.05) is 0 Å². The number of thiazole rings is 1. The van der Waals surface area contributed by atoms with Gasteiger partial charge >= 0.3 is 0 Å². The highest BCUT2D eigenvalue weighted by atomic mass is 35.5. The van der Waals surface area contributed by atoms with E-state index in [1.54, 1.807) is 22.9 Å². The minimum absolute atomic E-state index is 0.0730. The van der Waals surface area contributed by atoms with Crippen LogP contribution in [-0.4, -0.2) is 4.98 Å². The summed E-state index contributed by atoms with van der Waals surface area (Å²) in [5.41, 5.74) is 2.68. The van der Waals surface area contributed by atoms with Crippen molar-refractivity contribution < 1.29 is 4.39 Å². The molecule has 0 saturated heterocycles. The van der Waals surface area contributed by atoms with E-state index < -0.39 is 0 Å². The lowest BCUT2D eigenvalue weighted by Gasteiger charge is -2.13. The third-order valence-corrected chi connectivity index (χ3v) is 3.60. The second kappa shape index (κ2) is 5.58. The van der Waals surface area contributed by atoms with E-state index in [4.69, 9.17) is 11.6 Å². The standard InChI is InChI=1S/C12H12ClFN2S/c1-8(16-6-10-5-15-7-17-10)9-2-3-11(13)12(14)4-9/h2-5,7-8,16H,6H2,1H3. The highest BCUT2D eigenvalue weighted by Crippen LogP contribution is 2.20. The average molecular weight is 271 g/mol. The first-order valence-electron chi connectivity index (χ1n) is 5.22. The summed E-state index contributed by atoms with van der Waals surface area (Å²) in [4.78, 5) is 5.16. The van der Waals surface area contributed by atoms with Gasteiger partial charge in [-0.2, -0.15) is 0 Å². The molecule has 0 aliphatic carbocycles. The summed E-state index contributed by atoms with van der Waals surface area (Å²) in [6.07, 6.45) is 1.83. The van der Waals surface area contributed by atoms with Crippen molar-refractivity contribution in [3.05, 3.63) is 51.2 Å². The Morgan fingerprint density at radius 2 is 2.35 bits per heavy atom. The molecule has 2 rings (SSSR count). The fourth-order valence-electron chi connectivity index (χ4n) is 1.48. The Morgan fingerprint density at radius 1 is 1.53 bits per heavy atom. The van der Waals surface area contributed by atoms with E-state index in [0.717, 1.165) is 17.0 Å². The topological polar surface area (TPSA) is 24.9 Å². The van der Waals surface area contributed by atoms with Gasteiger partial charge in [-0.25, -0.2) is 4.39 Å². The van der Waals surface area contributed by atoms with Gasteiger partial charge in [-0.1, -0.05) is 17.7 Å². The van der Waals surface area contributed by atoms with Crippen molar-refractivity contribution in [2.24, 2.45) is 0 Å². The van der Waals surface area contributed by atoms with Crippen LogP contribution in [0.2, 0.25) is 5.02 Å². The molecule has 1 N–H and O–H groups in total. The Labute approximate surface area is 108 Å². The van der Waals surface area contributed by atoms with Crippen molar-refractivity contribution in [2.45, 2.75) is 19.5 Å². The van der Waals surface area contributed by atoms with Crippen LogP contribution in [0, 0.1) is 5.82 Å². The fourth-order valence-corrected chi connectivity index (χ4v) is 2.15. The number of halogens is 2. The lowest BCUT2D eigenvalue weighted by atomic mass is 10.1. The van der Waals surface area contributed by atoms with E-state index in [0.29, 0.717) is 0 Å². The van der Waals surface area contributed by atoms with E-state index in [2.05, 4.69) is 10.3 Å². The maximum atomic E-state index is 13.3. The van der Waals surface area contributed by atoms with Gasteiger partial charge in [0.1, 0.15) is 5.82 Å². The van der Waals surface area contributed by atoms with E-state index in [1.165, 1.54) is 6.07 Å². The van der Waals surface area contributed by atoms with Gasteiger partial charge in [0.2, 0.25) is 0 Å². The van der Waals surface area contributed by atoms with Crippen molar-refractivity contribution >= 4 is 22.9 Å². The summed E-state index contributed by atoms with van der Waals surface area (Å²) >= 11 is 7.24. The van der Waals surface area contributed by atoms with Crippen LogP contribution in [0.5, 0.6) is 0 Å². The van der Waals surface area contributed by atoms with E-state index in [1.807, 2.05) is 19.2 Å². The lowest BCUT2D eigenvalue weighted by Crippen LogP contribution is -2.17. The smallest absolute Gasteiger partial charge is 0.142 e. The zero-order chi connectivity index (χ0) is 12.3. The first-order valence-corrected chi connectivity index (χ1v) is 6.48. The third kappa shape index (κ3) is 3.25. The Bertz CT molecular complexity index is 487. The Hall–Kier alpha value is -0.970. The summed E-state index contributed by atoms with van der Waals surface area (Å²) in [6, 6.07) is 4.95. The normalized spacial score (nSPS) is 12.6. The van der Waals surface area contributed by atoms with Crippen LogP contribution >= 0.6 is 22.9 Å².